The van der Waals surface area contributed by atoms with Crippen molar-refractivity contribution in [1.82, 2.24) is 9.55 Å². The average Bonchev–Trinajstić information content (AvgIpc) is 2.78. The summed E-state index contributed by atoms with van der Waals surface area (Å²) in [6.07, 6.45) is 8.76. The normalized spacial score (nSPS) is 28.6. The Hall–Kier alpha value is -0.830. The van der Waals surface area contributed by atoms with Crippen molar-refractivity contribution in [1.29, 1.82) is 0 Å². The molecule has 1 aliphatic carbocycles. The van der Waals surface area contributed by atoms with Crippen LogP contribution in [0.2, 0.25) is 0 Å². The van der Waals surface area contributed by atoms with Gasteiger partial charge in [-0.1, -0.05) is 27.7 Å². The fraction of sp³-hybridized carbons (Fsp3) is 0.812. The lowest BCUT2D eigenvalue weighted by molar-refractivity contribution is -0.0391. The number of nitrogens with zero attached hydrogens (tertiary/aromatic N) is 2. The van der Waals surface area contributed by atoms with Crippen LogP contribution in [0.3, 0.4) is 0 Å². The van der Waals surface area contributed by atoms with Crippen LogP contribution in [-0.2, 0) is 12.1 Å². The molecule has 1 heterocycles. The van der Waals surface area contributed by atoms with E-state index in [0.717, 1.165) is 44.5 Å². The minimum absolute atomic E-state index is 0.347. The summed E-state index contributed by atoms with van der Waals surface area (Å²) in [6.45, 7) is 10.0. The maximum atomic E-state index is 10.9. The molecule has 108 valence electrons. The van der Waals surface area contributed by atoms with E-state index in [-0.39, 0.29) is 0 Å². The maximum absolute atomic E-state index is 10.9. The molecular weight excluding hydrogens is 236 g/mol. The first kappa shape index (κ1) is 14.6. The van der Waals surface area contributed by atoms with E-state index >= 15 is 0 Å². The van der Waals surface area contributed by atoms with E-state index < -0.39 is 5.60 Å². The van der Waals surface area contributed by atoms with E-state index in [9.17, 15) is 5.11 Å². The van der Waals surface area contributed by atoms with Crippen molar-refractivity contribution in [2.45, 2.75) is 71.9 Å². The highest BCUT2D eigenvalue weighted by atomic mass is 16.3. The van der Waals surface area contributed by atoms with Gasteiger partial charge in [0.1, 0.15) is 11.4 Å². The van der Waals surface area contributed by atoms with Gasteiger partial charge in [-0.25, -0.2) is 4.98 Å². The number of aryl methyl sites for hydroxylation is 1. The van der Waals surface area contributed by atoms with E-state index in [1.54, 1.807) is 0 Å². The number of rotatable bonds is 3. The zero-order chi connectivity index (χ0) is 14.1. The SMILES string of the molecule is CCCn1ccnc1C1(O)CCC(C(C)(C)C)CC1. The van der Waals surface area contributed by atoms with E-state index in [2.05, 4.69) is 37.2 Å². The Kier molecular flexibility index (Phi) is 4.05. The smallest absolute Gasteiger partial charge is 0.140 e. The van der Waals surface area contributed by atoms with Gasteiger partial charge in [-0.2, -0.15) is 0 Å². The highest BCUT2D eigenvalue weighted by Crippen LogP contribution is 2.44. The molecule has 0 atom stereocenters. The molecule has 1 saturated carbocycles. The van der Waals surface area contributed by atoms with Crippen molar-refractivity contribution in [3.8, 4) is 0 Å². The Balaban J connectivity index is 2.11. The second-order valence-corrected chi connectivity index (χ2v) is 7.12. The second kappa shape index (κ2) is 5.28. The topological polar surface area (TPSA) is 38.0 Å². The largest absolute Gasteiger partial charge is 0.382 e. The molecule has 0 bridgehead atoms. The van der Waals surface area contributed by atoms with Crippen LogP contribution in [0.25, 0.3) is 0 Å². The summed E-state index contributed by atoms with van der Waals surface area (Å²) in [5, 5.41) is 10.9. The average molecular weight is 264 g/mol. The van der Waals surface area contributed by atoms with Crippen molar-refractivity contribution in [3.63, 3.8) is 0 Å². The van der Waals surface area contributed by atoms with Crippen molar-refractivity contribution in [2.75, 3.05) is 0 Å². The summed E-state index contributed by atoms with van der Waals surface area (Å²) in [4.78, 5) is 4.43. The lowest BCUT2D eigenvalue weighted by Gasteiger charge is -2.41. The first-order chi connectivity index (χ1) is 8.87. The fourth-order valence-electron chi connectivity index (χ4n) is 3.32. The fourth-order valence-corrected chi connectivity index (χ4v) is 3.32. The third-order valence-electron chi connectivity index (χ3n) is 4.63. The van der Waals surface area contributed by atoms with Gasteiger partial charge in [-0.3, -0.25) is 0 Å². The molecule has 0 saturated heterocycles. The summed E-state index contributed by atoms with van der Waals surface area (Å²) in [5.41, 5.74) is -0.361. The zero-order valence-electron chi connectivity index (χ0n) is 12.8. The highest BCUT2D eigenvalue weighted by Gasteiger charge is 2.40. The molecule has 3 nitrogen and oxygen atoms in total. The Morgan fingerprint density at radius 2 is 2.00 bits per heavy atom. The van der Waals surface area contributed by atoms with Gasteiger partial charge in [0.2, 0.25) is 0 Å². The summed E-state index contributed by atoms with van der Waals surface area (Å²) < 4.78 is 2.12. The minimum Gasteiger partial charge on any atom is -0.382 e. The molecule has 1 aromatic rings. The summed E-state index contributed by atoms with van der Waals surface area (Å²) in [5.74, 6) is 1.59. The van der Waals surface area contributed by atoms with Crippen molar-refractivity contribution in [3.05, 3.63) is 18.2 Å². The predicted molar refractivity (Wildman–Crippen MR) is 77.8 cm³/mol. The molecule has 1 aromatic heterocycles. The quantitative estimate of drug-likeness (QED) is 0.903. The maximum Gasteiger partial charge on any atom is 0.140 e. The van der Waals surface area contributed by atoms with Crippen LogP contribution in [0.4, 0.5) is 0 Å². The molecule has 19 heavy (non-hydrogen) atoms. The molecule has 0 aromatic carbocycles. The number of aromatic nitrogens is 2. The number of hydrogen-bond donors (Lipinski definition) is 1. The van der Waals surface area contributed by atoms with E-state index in [1.165, 1.54) is 0 Å². The Bertz CT molecular complexity index is 409. The molecule has 1 fully saturated rings. The van der Waals surface area contributed by atoms with Crippen LogP contribution >= 0.6 is 0 Å². The number of hydrogen-bond acceptors (Lipinski definition) is 2. The summed E-state index contributed by atoms with van der Waals surface area (Å²) >= 11 is 0. The van der Waals surface area contributed by atoms with Gasteiger partial charge in [0, 0.05) is 18.9 Å². The van der Waals surface area contributed by atoms with E-state index in [0.29, 0.717) is 11.3 Å². The van der Waals surface area contributed by atoms with Crippen LogP contribution in [0.1, 0.15) is 65.6 Å². The standard InChI is InChI=1S/C16H28N2O/c1-5-11-18-12-10-17-14(18)16(19)8-6-13(7-9-16)15(2,3)4/h10,12-13,19H,5-9,11H2,1-4H3. The molecule has 0 radical (unpaired) electrons. The number of imidazole rings is 1. The third kappa shape index (κ3) is 3.02. The second-order valence-electron chi connectivity index (χ2n) is 7.12. The first-order valence-corrected chi connectivity index (χ1v) is 7.61. The molecule has 0 spiro atoms. The van der Waals surface area contributed by atoms with Crippen LogP contribution in [0, 0.1) is 11.3 Å². The van der Waals surface area contributed by atoms with Gasteiger partial charge in [0.05, 0.1) is 0 Å². The number of aliphatic hydroxyl groups is 1. The molecule has 0 unspecified atom stereocenters. The van der Waals surface area contributed by atoms with Crippen molar-refractivity contribution in [2.24, 2.45) is 11.3 Å². The summed E-state index contributed by atoms with van der Waals surface area (Å²) in [6, 6.07) is 0. The molecular formula is C16H28N2O. The van der Waals surface area contributed by atoms with E-state index in [1.807, 2.05) is 12.4 Å². The van der Waals surface area contributed by atoms with Crippen LogP contribution in [-0.4, -0.2) is 14.7 Å². The van der Waals surface area contributed by atoms with Gasteiger partial charge in [0.25, 0.3) is 0 Å². The Morgan fingerprint density at radius 1 is 1.37 bits per heavy atom. The Morgan fingerprint density at radius 3 is 2.53 bits per heavy atom. The van der Waals surface area contributed by atoms with Crippen LogP contribution in [0.15, 0.2) is 12.4 Å². The predicted octanol–water partition coefficient (Wildman–Crippen LogP) is 3.72. The Labute approximate surface area is 117 Å². The van der Waals surface area contributed by atoms with Gasteiger partial charge >= 0.3 is 0 Å². The van der Waals surface area contributed by atoms with E-state index in [4.69, 9.17) is 0 Å². The van der Waals surface area contributed by atoms with Crippen molar-refractivity contribution < 1.29 is 5.11 Å². The molecule has 2 rings (SSSR count). The molecule has 1 aliphatic rings. The van der Waals surface area contributed by atoms with Gasteiger partial charge < -0.3 is 9.67 Å². The third-order valence-corrected chi connectivity index (χ3v) is 4.63. The van der Waals surface area contributed by atoms with Gasteiger partial charge in [-0.15, -0.1) is 0 Å². The van der Waals surface area contributed by atoms with Crippen molar-refractivity contribution >= 4 is 0 Å². The van der Waals surface area contributed by atoms with Crippen LogP contribution in [0.5, 0.6) is 0 Å². The molecule has 3 heteroatoms. The monoisotopic (exact) mass is 264 g/mol. The van der Waals surface area contributed by atoms with Gasteiger partial charge in [0.15, 0.2) is 0 Å². The highest BCUT2D eigenvalue weighted by molar-refractivity contribution is 5.07. The van der Waals surface area contributed by atoms with Crippen LogP contribution < -0.4 is 0 Å². The minimum atomic E-state index is -0.708. The summed E-state index contributed by atoms with van der Waals surface area (Å²) in [7, 11) is 0. The molecule has 0 amide bonds. The lowest BCUT2D eigenvalue weighted by atomic mass is 9.68. The first-order valence-electron chi connectivity index (χ1n) is 7.61. The van der Waals surface area contributed by atoms with Gasteiger partial charge in [-0.05, 0) is 43.4 Å². The molecule has 1 N–H and O–H groups in total. The zero-order valence-corrected chi connectivity index (χ0v) is 12.8. The molecule has 0 aliphatic heterocycles. The lowest BCUT2D eigenvalue weighted by Crippen LogP contribution is -2.37.